The Hall–Kier alpha value is -2.46. The molecule has 0 unspecified atom stereocenters. The zero-order chi connectivity index (χ0) is 24.2. The van der Waals surface area contributed by atoms with Crippen LogP contribution in [0.3, 0.4) is 0 Å². The third kappa shape index (κ3) is 7.82. The average Bonchev–Trinajstić information content (AvgIpc) is 3.31. The molecule has 1 aromatic heterocycles. The first kappa shape index (κ1) is 26.8. The van der Waals surface area contributed by atoms with Crippen LogP contribution in [0.1, 0.15) is 38.5 Å². The molecule has 0 saturated carbocycles. The van der Waals surface area contributed by atoms with Gasteiger partial charge in [-0.2, -0.15) is 5.10 Å². The number of aromatic nitrogens is 2. The molecule has 10 heteroatoms. The molecule has 2 N–H and O–H groups in total. The van der Waals surface area contributed by atoms with E-state index in [-0.39, 0.29) is 12.9 Å². The summed E-state index contributed by atoms with van der Waals surface area (Å²) in [4.78, 5) is 37.0. The normalized spacial score (nSPS) is 26.2. The number of hydrogen-bond acceptors (Lipinski definition) is 6. The Morgan fingerprint density at radius 1 is 1.15 bits per heavy atom. The number of nitrogens with zero attached hydrogens (tertiary/aromatic N) is 5. The highest BCUT2D eigenvalue weighted by Gasteiger charge is 2.47. The molecule has 1 amide bonds. The summed E-state index contributed by atoms with van der Waals surface area (Å²) < 4.78 is 1.92. The largest absolute Gasteiger partial charge is 0.483 e. The standard InChI is InChI=1S/C21H35N5O.2CH2O2/c1-23(2)16-20-18-13-17(19-7-3-4-12-26(19)20)14-24(15-18)21(27)8-5-10-25-11-6-9-22-25;2*2-1-3/h6,9,11,17-20H,3-5,7-8,10,12-16H2,1-2H3;2*1H,(H,2,3)/t17-,18+,19+,20+;;/m1../s1. The molecule has 33 heavy (non-hydrogen) atoms. The molecule has 0 spiro atoms. The minimum atomic E-state index is -0.250. The summed E-state index contributed by atoms with van der Waals surface area (Å²) in [5, 5.41) is 18.0. The van der Waals surface area contributed by atoms with Crippen LogP contribution in [0.2, 0.25) is 0 Å². The van der Waals surface area contributed by atoms with Crippen molar-refractivity contribution in [2.45, 2.75) is 57.2 Å². The lowest BCUT2D eigenvalue weighted by Gasteiger charge is -2.57. The van der Waals surface area contributed by atoms with Gasteiger partial charge in [-0.1, -0.05) is 6.42 Å². The minimum Gasteiger partial charge on any atom is -0.483 e. The van der Waals surface area contributed by atoms with Crippen molar-refractivity contribution in [2.24, 2.45) is 11.8 Å². The van der Waals surface area contributed by atoms with Crippen LogP contribution in [0.15, 0.2) is 18.5 Å². The molecule has 3 aliphatic rings. The van der Waals surface area contributed by atoms with Crippen molar-refractivity contribution in [2.75, 3.05) is 40.3 Å². The van der Waals surface area contributed by atoms with E-state index < -0.39 is 0 Å². The molecule has 186 valence electrons. The Morgan fingerprint density at radius 3 is 2.48 bits per heavy atom. The summed E-state index contributed by atoms with van der Waals surface area (Å²) in [6.07, 6.45) is 10.6. The molecule has 0 aliphatic carbocycles. The van der Waals surface area contributed by atoms with E-state index in [0.29, 0.717) is 36.2 Å². The number of piperidine rings is 3. The van der Waals surface area contributed by atoms with Crippen LogP contribution >= 0.6 is 0 Å². The van der Waals surface area contributed by atoms with Gasteiger partial charge in [-0.3, -0.25) is 24.0 Å². The van der Waals surface area contributed by atoms with Crippen molar-refractivity contribution in [3.8, 4) is 0 Å². The number of likely N-dealkylation sites (N-methyl/N-ethyl adjacent to an activating group) is 1. The third-order valence-electron chi connectivity index (χ3n) is 6.86. The van der Waals surface area contributed by atoms with Crippen LogP contribution in [0.4, 0.5) is 0 Å². The minimum absolute atomic E-state index is 0.250. The molecule has 3 saturated heterocycles. The first-order chi connectivity index (χ1) is 15.9. The maximum atomic E-state index is 12.9. The Kier molecular flexibility index (Phi) is 11.3. The van der Waals surface area contributed by atoms with Gasteiger partial charge in [-0.25, -0.2) is 0 Å². The molecule has 0 radical (unpaired) electrons. The van der Waals surface area contributed by atoms with Gasteiger partial charge in [0.05, 0.1) is 0 Å². The van der Waals surface area contributed by atoms with Crippen molar-refractivity contribution in [3.05, 3.63) is 18.5 Å². The Bertz CT molecular complexity index is 708. The summed E-state index contributed by atoms with van der Waals surface area (Å²) in [6, 6.07) is 3.25. The van der Waals surface area contributed by atoms with Crippen molar-refractivity contribution in [3.63, 3.8) is 0 Å². The van der Waals surface area contributed by atoms with Gasteiger partial charge in [0.25, 0.3) is 12.9 Å². The van der Waals surface area contributed by atoms with Gasteiger partial charge >= 0.3 is 0 Å². The Labute approximate surface area is 196 Å². The number of carbonyl (C=O) groups is 3. The number of amides is 1. The van der Waals surface area contributed by atoms with E-state index in [1.54, 1.807) is 6.20 Å². The summed E-state index contributed by atoms with van der Waals surface area (Å²) in [6.45, 7) is 4.65. The first-order valence-corrected chi connectivity index (χ1v) is 11.8. The number of aryl methyl sites for hydroxylation is 1. The number of rotatable bonds is 6. The Morgan fingerprint density at radius 2 is 1.85 bits per heavy atom. The molecule has 3 aliphatic heterocycles. The van der Waals surface area contributed by atoms with Crippen LogP contribution in [0.5, 0.6) is 0 Å². The lowest BCUT2D eigenvalue weighted by molar-refractivity contribution is -0.141. The van der Waals surface area contributed by atoms with Crippen molar-refractivity contribution in [1.29, 1.82) is 0 Å². The highest BCUT2D eigenvalue weighted by molar-refractivity contribution is 5.76. The van der Waals surface area contributed by atoms with Gasteiger partial charge < -0.3 is 20.0 Å². The molecule has 4 heterocycles. The van der Waals surface area contributed by atoms with E-state index in [0.717, 1.165) is 32.6 Å². The second-order valence-electron chi connectivity index (χ2n) is 9.27. The van der Waals surface area contributed by atoms with E-state index in [9.17, 15) is 4.79 Å². The van der Waals surface area contributed by atoms with Crippen molar-refractivity contribution in [1.82, 2.24) is 24.5 Å². The van der Waals surface area contributed by atoms with Gasteiger partial charge in [0.1, 0.15) is 0 Å². The molecule has 2 bridgehead atoms. The highest BCUT2D eigenvalue weighted by atomic mass is 16.3. The molecule has 10 nitrogen and oxygen atoms in total. The first-order valence-electron chi connectivity index (χ1n) is 11.8. The van der Waals surface area contributed by atoms with E-state index in [1.807, 2.05) is 16.9 Å². The molecular weight excluding hydrogens is 426 g/mol. The molecule has 0 aromatic carbocycles. The summed E-state index contributed by atoms with van der Waals surface area (Å²) in [7, 11) is 4.37. The number of fused-ring (bicyclic) bond motifs is 4. The zero-order valence-corrected chi connectivity index (χ0v) is 19.8. The predicted molar refractivity (Wildman–Crippen MR) is 124 cm³/mol. The fourth-order valence-electron chi connectivity index (χ4n) is 5.72. The Balaban J connectivity index is 0.000000582. The second-order valence-corrected chi connectivity index (χ2v) is 9.27. The lowest BCUT2D eigenvalue weighted by Crippen LogP contribution is -2.65. The van der Waals surface area contributed by atoms with Gasteiger partial charge in [0.2, 0.25) is 5.91 Å². The van der Waals surface area contributed by atoms with E-state index >= 15 is 0 Å². The van der Waals surface area contributed by atoms with Crippen LogP contribution < -0.4 is 0 Å². The van der Waals surface area contributed by atoms with E-state index in [1.165, 1.54) is 32.2 Å². The van der Waals surface area contributed by atoms with Crippen molar-refractivity contribution >= 4 is 18.9 Å². The monoisotopic (exact) mass is 465 g/mol. The second kappa shape index (κ2) is 13.9. The number of likely N-dealkylation sites (tertiary alicyclic amines) is 1. The smallest absolute Gasteiger partial charge is 0.290 e. The third-order valence-corrected chi connectivity index (χ3v) is 6.86. The SMILES string of the molecule is CN(C)C[C@H]1[C@H]2C[C@H](CN(C(=O)CCCn3cccn3)C2)[C@@H]2CCCCN21.O=CO.O=CO. The highest BCUT2D eigenvalue weighted by Crippen LogP contribution is 2.41. The zero-order valence-electron chi connectivity index (χ0n) is 19.8. The van der Waals surface area contributed by atoms with Crippen LogP contribution in [-0.2, 0) is 20.9 Å². The summed E-state index contributed by atoms with van der Waals surface area (Å²) in [5.41, 5.74) is 0. The van der Waals surface area contributed by atoms with Gasteiger partial charge in [-0.05, 0) is 64.2 Å². The molecule has 3 fully saturated rings. The number of carboxylic acid groups (broad SMARTS) is 2. The number of carbonyl (C=O) groups excluding carboxylic acids is 1. The number of hydrogen-bond donors (Lipinski definition) is 2. The van der Waals surface area contributed by atoms with Crippen molar-refractivity contribution < 1.29 is 24.6 Å². The van der Waals surface area contributed by atoms with Crippen LogP contribution in [0, 0.1) is 11.8 Å². The quantitative estimate of drug-likeness (QED) is 0.604. The fraction of sp³-hybridized carbons (Fsp3) is 0.739. The predicted octanol–water partition coefficient (Wildman–Crippen LogP) is 1.33. The van der Waals surface area contributed by atoms with Gasteiger partial charge in [-0.15, -0.1) is 0 Å². The maximum Gasteiger partial charge on any atom is 0.290 e. The molecule has 1 aromatic rings. The maximum absolute atomic E-state index is 12.9. The molecule has 4 rings (SSSR count). The van der Waals surface area contributed by atoms with E-state index in [2.05, 4.69) is 33.9 Å². The summed E-state index contributed by atoms with van der Waals surface area (Å²) >= 11 is 0. The topological polar surface area (TPSA) is 119 Å². The average molecular weight is 466 g/mol. The van der Waals surface area contributed by atoms with E-state index in [4.69, 9.17) is 19.8 Å². The molecule has 4 atom stereocenters. The van der Waals surface area contributed by atoms with Crippen LogP contribution in [0.25, 0.3) is 0 Å². The summed E-state index contributed by atoms with van der Waals surface area (Å²) in [5.74, 6) is 1.66. The van der Waals surface area contributed by atoms with Gasteiger partial charge in [0, 0.05) is 57.1 Å². The fourth-order valence-corrected chi connectivity index (χ4v) is 5.72. The molecular formula is C23H39N5O5. The van der Waals surface area contributed by atoms with Crippen LogP contribution in [-0.4, -0.2) is 106 Å². The lowest BCUT2D eigenvalue weighted by atomic mass is 9.72. The van der Waals surface area contributed by atoms with Gasteiger partial charge in [0.15, 0.2) is 0 Å².